The van der Waals surface area contributed by atoms with E-state index in [-0.39, 0.29) is 0 Å². The molecule has 1 rings (SSSR count). The zero-order valence-electron chi connectivity index (χ0n) is 8.19. The minimum atomic E-state index is 0.328. The van der Waals surface area contributed by atoms with Crippen LogP contribution in [0.1, 0.15) is 32.6 Å². The Morgan fingerprint density at radius 2 is 2.23 bits per heavy atom. The Morgan fingerprint density at radius 3 is 2.77 bits per heavy atom. The summed E-state index contributed by atoms with van der Waals surface area (Å²) in [6, 6.07) is 2.25. The molecule has 0 radical (unpaired) electrons. The summed E-state index contributed by atoms with van der Waals surface area (Å²) in [5.74, 6) is 5.87. The Morgan fingerprint density at radius 1 is 1.46 bits per heavy atom. The molecule has 1 saturated carbocycles. The third-order valence-corrected chi connectivity index (χ3v) is 2.51. The number of rotatable bonds is 5. The first-order chi connectivity index (χ1) is 6.33. The van der Waals surface area contributed by atoms with Crippen molar-refractivity contribution >= 4 is 0 Å². The van der Waals surface area contributed by atoms with Crippen molar-refractivity contribution in [3.05, 3.63) is 0 Å². The minimum Gasteiger partial charge on any atom is -0.315 e. The molecule has 0 atom stereocenters. The predicted molar refractivity (Wildman–Crippen MR) is 52.8 cm³/mol. The number of hydrogen-bond donors (Lipinski definition) is 1. The topological polar surface area (TPSA) is 35.8 Å². The molecule has 0 heterocycles. The maximum absolute atomic E-state index is 8.58. The molecule has 0 amide bonds. The summed E-state index contributed by atoms with van der Waals surface area (Å²) in [6.07, 6.45) is 4.05. The van der Waals surface area contributed by atoms with Crippen molar-refractivity contribution in [1.29, 1.82) is 5.26 Å². The van der Waals surface area contributed by atoms with Crippen molar-refractivity contribution in [2.75, 3.05) is 13.1 Å². The fourth-order valence-electron chi connectivity index (χ4n) is 1.39. The van der Waals surface area contributed by atoms with E-state index in [0.717, 1.165) is 19.5 Å². The Labute approximate surface area is 80.3 Å². The van der Waals surface area contributed by atoms with Gasteiger partial charge in [-0.05, 0) is 25.2 Å². The second-order valence-electron chi connectivity index (χ2n) is 3.69. The van der Waals surface area contributed by atoms with Gasteiger partial charge in [0.2, 0.25) is 0 Å². The van der Waals surface area contributed by atoms with Gasteiger partial charge in [-0.25, -0.2) is 0 Å². The van der Waals surface area contributed by atoms with Crippen LogP contribution in [-0.4, -0.2) is 13.1 Å². The standard InChI is InChI=1S/C11H16N2/c1-2-3-4-9-13-10-11(5-6-11)7-8-12/h13H,4-7,9-10H2,1H3. The van der Waals surface area contributed by atoms with E-state index in [1.807, 2.05) is 6.92 Å². The third kappa shape index (κ3) is 3.49. The predicted octanol–water partition coefficient (Wildman–Crippen LogP) is 1.68. The summed E-state index contributed by atoms with van der Waals surface area (Å²) in [5.41, 5.74) is 0.328. The van der Waals surface area contributed by atoms with Gasteiger partial charge < -0.3 is 5.32 Å². The molecule has 1 fully saturated rings. The summed E-state index contributed by atoms with van der Waals surface area (Å²) < 4.78 is 0. The van der Waals surface area contributed by atoms with E-state index in [1.165, 1.54) is 12.8 Å². The molecule has 70 valence electrons. The lowest BCUT2D eigenvalue weighted by atomic mass is 10.0. The van der Waals surface area contributed by atoms with E-state index in [9.17, 15) is 0 Å². The lowest BCUT2D eigenvalue weighted by Crippen LogP contribution is -2.24. The average molecular weight is 176 g/mol. The molecule has 1 N–H and O–H groups in total. The van der Waals surface area contributed by atoms with Gasteiger partial charge >= 0.3 is 0 Å². The second-order valence-corrected chi connectivity index (χ2v) is 3.69. The Bertz CT molecular complexity index is 247. The van der Waals surface area contributed by atoms with E-state index >= 15 is 0 Å². The van der Waals surface area contributed by atoms with E-state index in [1.54, 1.807) is 0 Å². The van der Waals surface area contributed by atoms with Crippen LogP contribution in [0.4, 0.5) is 0 Å². The maximum atomic E-state index is 8.58. The zero-order valence-corrected chi connectivity index (χ0v) is 8.19. The summed E-state index contributed by atoms with van der Waals surface area (Å²) in [4.78, 5) is 0. The molecule has 0 unspecified atom stereocenters. The highest BCUT2D eigenvalue weighted by molar-refractivity contribution is 5.01. The molecule has 0 bridgehead atoms. The van der Waals surface area contributed by atoms with Gasteiger partial charge in [-0.1, -0.05) is 0 Å². The molecule has 0 spiro atoms. The number of nitrogens with one attached hydrogen (secondary N) is 1. The fraction of sp³-hybridized carbons (Fsp3) is 0.727. The highest BCUT2D eigenvalue weighted by Crippen LogP contribution is 2.47. The number of hydrogen-bond acceptors (Lipinski definition) is 2. The van der Waals surface area contributed by atoms with Crippen LogP contribution in [0.5, 0.6) is 0 Å². The molecule has 0 aliphatic heterocycles. The summed E-state index contributed by atoms with van der Waals surface area (Å²) in [7, 11) is 0. The molecule has 0 aromatic carbocycles. The third-order valence-electron chi connectivity index (χ3n) is 2.51. The number of nitrogens with zero attached hydrogens (tertiary/aromatic N) is 1. The van der Waals surface area contributed by atoms with Crippen LogP contribution in [0, 0.1) is 28.6 Å². The van der Waals surface area contributed by atoms with Crippen molar-refractivity contribution in [3.8, 4) is 17.9 Å². The SMILES string of the molecule is CC#CCCNCC1(CC#N)CC1. The smallest absolute Gasteiger partial charge is 0.0628 e. The first-order valence-electron chi connectivity index (χ1n) is 4.80. The van der Waals surface area contributed by atoms with Crippen LogP contribution in [0.15, 0.2) is 0 Å². The van der Waals surface area contributed by atoms with Crippen LogP contribution in [-0.2, 0) is 0 Å². The summed E-state index contributed by atoms with van der Waals surface area (Å²) in [6.45, 7) is 3.80. The molecule has 1 aliphatic rings. The summed E-state index contributed by atoms with van der Waals surface area (Å²) >= 11 is 0. The van der Waals surface area contributed by atoms with E-state index < -0.39 is 0 Å². The first kappa shape index (κ1) is 10.1. The quantitative estimate of drug-likeness (QED) is 0.511. The average Bonchev–Trinajstić information content (AvgIpc) is 2.86. The van der Waals surface area contributed by atoms with Crippen molar-refractivity contribution in [3.63, 3.8) is 0 Å². The highest BCUT2D eigenvalue weighted by Gasteiger charge is 2.41. The molecular formula is C11H16N2. The zero-order chi connectivity index (χ0) is 9.57. The molecule has 0 aromatic heterocycles. The monoisotopic (exact) mass is 176 g/mol. The number of nitriles is 1. The van der Waals surface area contributed by atoms with Crippen LogP contribution in [0.25, 0.3) is 0 Å². The second kappa shape index (κ2) is 4.90. The highest BCUT2D eigenvalue weighted by atomic mass is 14.9. The van der Waals surface area contributed by atoms with Gasteiger partial charge in [-0.15, -0.1) is 11.8 Å². The van der Waals surface area contributed by atoms with Crippen molar-refractivity contribution in [2.45, 2.75) is 32.6 Å². The van der Waals surface area contributed by atoms with Gasteiger partial charge in [-0.2, -0.15) is 5.26 Å². The molecular weight excluding hydrogens is 160 g/mol. The maximum Gasteiger partial charge on any atom is 0.0628 e. The van der Waals surface area contributed by atoms with Crippen LogP contribution in [0.2, 0.25) is 0 Å². The molecule has 0 aromatic rings. The molecule has 2 heteroatoms. The minimum absolute atomic E-state index is 0.328. The van der Waals surface area contributed by atoms with Crippen LogP contribution in [0.3, 0.4) is 0 Å². The van der Waals surface area contributed by atoms with Crippen LogP contribution >= 0.6 is 0 Å². The van der Waals surface area contributed by atoms with Gasteiger partial charge in [0.1, 0.15) is 0 Å². The van der Waals surface area contributed by atoms with Gasteiger partial charge in [0.15, 0.2) is 0 Å². The molecule has 13 heavy (non-hydrogen) atoms. The molecule has 1 aliphatic carbocycles. The lowest BCUT2D eigenvalue weighted by Gasteiger charge is -2.10. The van der Waals surface area contributed by atoms with Crippen molar-refractivity contribution in [2.24, 2.45) is 5.41 Å². The van der Waals surface area contributed by atoms with E-state index in [4.69, 9.17) is 5.26 Å². The molecule has 2 nitrogen and oxygen atoms in total. The first-order valence-corrected chi connectivity index (χ1v) is 4.80. The normalized spacial score (nSPS) is 16.9. The summed E-state index contributed by atoms with van der Waals surface area (Å²) in [5, 5.41) is 11.9. The fourth-order valence-corrected chi connectivity index (χ4v) is 1.39. The van der Waals surface area contributed by atoms with Gasteiger partial charge in [0.05, 0.1) is 6.07 Å². The Hall–Kier alpha value is -0.990. The van der Waals surface area contributed by atoms with Gasteiger partial charge in [-0.3, -0.25) is 0 Å². The molecule has 0 saturated heterocycles. The van der Waals surface area contributed by atoms with Gasteiger partial charge in [0.25, 0.3) is 0 Å². The Balaban J connectivity index is 2.05. The van der Waals surface area contributed by atoms with Crippen LogP contribution < -0.4 is 5.32 Å². The van der Waals surface area contributed by atoms with E-state index in [0.29, 0.717) is 11.8 Å². The Kier molecular flexibility index (Phi) is 3.80. The van der Waals surface area contributed by atoms with Gasteiger partial charge in [0, 0.05) is 25.9 Å². The van der Waals surface area contributed by atoms with Crippen molar-refractivity contribution in [1.82, 2.24) is 5.32 Å². The lowest BCUT2D eigenvalue weighted by molar-refractivity contribution is 0.471. The largest absolute Gasteiger partial charge is 0.315 e. The van der Waals surface area contributed by atoms with E-state index in [2.05, 4.69) is 23.2 Å². The van der Waals surface area contributed by atoms with Crippen molar-refractivity contribution < 1.29 is 0 Å².